The quantitative estimate of drug-likeness (QED) is 0.540. The van der Waals surface area contributed by atoms with E-state index in [1.165, 1.54) is 0 Å². The molecule has 0 saturated carbocycles. The van der Waals surface area contributed by atoms with Crippen LogP contribution in [-0.4, -0.2) is 18.7 Å². The van der Waals surface area contributed by atoms with Crippen LogP contribution in [0, 0.1) is 0 Å². The Kier molecular flexibility index (Phi) is 3.71. The second kappa shape index (κ2) is 5.82. The molecule has 3 heteroatoms. The minimum absolute atomic E-state index is 0.360. The van der Waals surface area contributed by atoms with Crippen LogP contribution in [-0.2, 0) is 0 Å². The molecule has 3 nitrogen and oxygen atoms in total. The molecule has 3 rings (SSSR count). The molecule has 0 radical (unpaired) electrons. The van der Waals surface area contributed by atoms with E-state index in [4.69, 9.17) is 4.74 Å². The lowest BCUT2D eigenvalue weighted by molar-refractivity contribution is 0.0817. The van der Waals surface area contributed by atoms with Gasteiger partial charge in [0, 0.05) is 11.1 Å². The molecule has 0 saturated heterocycles. The van der Waals surface area contributed by atoms with Crippen LogP contribution < -0.4 is 4.74 Å². The molecule has 0 fully saturated rings. The van der Waals surface area contributed by atoms with Gasteiger partial charge in [-0.1, -0.05) is 36.4 Å². The van der Waals surface area contributed by atoms with Gasteiger partial charge in [0.1, 0.15) is 5.75 Å². The molecule has 0 aliphatic heterocycles. The van der Waals surface area contributed by atoms with E-state index < -0.39 is 11.6 Å². The Morgan fingerprint density at radius 3 is 2.00 bits per heavy atom. The topological polar surface area (TPSA) is 43.4 Å². The van der Waals surface area contributed by atoms with Gasteiger partial charge in [-0.15, -0.1) is 0 Å². The van der Waals surface area contributed by atoms with E-state index in [0.717, 1.165) is 10.8 Å². The highest BCUT2D eigenvalue weighted by Gasteiger charge is 2.18. The Bertz CT molecular complexity index is 848. The molecule has 3 aromatic rings. The average Bonchev–Trinajstić information content (AvgIpc) is 2.60. The van der Waals surface area contributed by atoms with Gasteiger partial charge in [-0.05, 0) is 41.1 Å². The molecule has 0 N–H and O–H groups in total. The maximum absolute atomic E-state index is 12.4. The largest absolute Gasteiger partial charge is 0.497 e. The standard InChI is InChI=1S/C19H14O3/c1-22-17-10-8-14(9-11-17)18(20)19(21)16-7-6-13-4-2-3-5-15(13)12-16/h2-12H,1H3. The van der Waals surface area contributed by atoms with Crippen LogP contribution in [0.5, 0.6) is 5.75 Å². The second-order valence-electron chi connectivity index (χ2n) is 4.95. The number of fused-ring (bicyclic) bond motifs is 1. The SMILES string of the molecule is COc1ccc(C(=O)C(=O)c2ccc3ccccc3c2)cc1. The molecule has 0 spiro atoms. The van der Waals surface area contributed by atoms with Crippen molar-refractivity contribution in [1.82, 2.24) is 0 Å². The van der Waals surface area contributed by atoms with Crippen LogP contribution >= 0.6 is 0 Å². The Labute approximate surface area is 128 Å². The Hall–Kier alpha value is -2.94. The Morgan fingerprint density at radius 1 is 0.727 bits per heavy atom. The molecule has 0 aliphatic carbocycles. The maximum atomic E-state index is 12.4. The van der Waals surface area contributed by atoms with E-state index in [-0.39, 0.29) is 0 Å². The summed E-state index contributed by atoms with van der Waals surface area (Å²) in [5.41, 5.74) is 0.762. The van der Waals surface area contributed by atoms with E-state index in [2.05, 4.69) is 0 Å². The molecule has 0 amide bonds. The summed E-state index contributed by atoms with van der Waals surface area (Å²) in [5.74, 6) is -0.372. The van der Waals surface area contributed by atoms with Gasteiger partial charge in [0.2, 0.25) is 11.6 Å². The van der Waals surface area contributed by atoms with E-state index in [1.807, 2.05) is 30.3 Å². The fourth-order valence-corrected chi connectivity index (χ4v) is 2.34. The van der Waals surface area contributed by atoms with E-state index in [0.29, 0.717) is 16.9 Å². The van der Waals surface area contributed by atoms with Crippen LogP contribution in [0.25, 0.3) is 10.8 Å². The predicted molar refractivity (Wildman–Crippen MR) is 85.6 cm³/mol. The van der Waals surface area contributed by atoms with Crippen molar-refractivity contribution in [3.8, 4) is 5.75 Å². The predicted octanol–water partition coefficient (Wildman–Crippen LogP) is 3.91. The van der Waals surface area contributed by atoms with Gasteiger partial charge >= 0.3 is 0 Å². The van der Waals surface area contributed by atoms with Crippen LogP contribution in [0.2, 0.25) is 0 Å². The molecule has 0 heterocycles. The van der Waals surface area contributed by atoms with Crippen molar-refractivity contribution >= 4 is 22.3 Å². The summed E-state index contributed by atoms with van der Waals surface area (Å²) in [6, 6.07) is 19.5. The number of hydrogen-bond donors (Lipinski definition) is 0. The van der Waals surface area contributed by atoms with Crippen molar-refractivity contribution in [2.75, 3.05) is 7.11 Å². The van der Waals surface area contributed by atoms with Gasteiger partial charge < -0.3 is 4.74 Å². The fraction of sp³-hybridized carbons (Fsp3) is 0.0526. The first kappa shape index (κ1) is 14.0. The van der Waals surface area contributed by atoms with Gasteiger partial charge in [0.05, 0.1) is 7.11 Å². The number of benzene rings is 3. The number of ketones is 2. The molecule has 0 aromatic heterocycles. The highest BCUT2D eigenvalue weighted by atomic mass is 16.5. The van der Waals surface area contributed by atoms with E-state index in [9.17, 15) is 9.59 Å². The molecule has 0 aliphatic rings. The van der Waals surface area contributed by atoms with Gasteiger partial charge in [0.15, 0.2) is 0 Å². The van der Waals surface area contributed by atoms with Crippen LogP contribution in [0.15, 0.2) is 66.7 Å². The zero-order valence-corrected chi connectivity index (χ0v) is 12.1. The van der Waals surface area contributed by atoms with Crippen LogP contribution in [0.3, 0.4) is 0 Å². The van der Waals surface area contributed by atoms with Crippen molar-refractivity contribution in [3.63, 3.8) is 0 Å². The highest BCUT2D eigenvalue weighted by Crippen LogP contribution is 2.18. The third-order valence-corrected chi connectivity index (χ3v) is 3.57. The number of ether oxygens (including phenoxy) is 1. The summed E-state index contributed by atoms with van der Waals surface area (Å²) in [6.45, 7) is 0. The van der Waals surface area contributed by atoms with Gasteiger partial charge in [-0.2, -0.15) is 0 Å². The molecule has 22 heavy (non-hydrogen) atoms. The molecule has 108 valence electrons. The minimum Gasteiger partial charge on any atom is -0.497 e. The Morgan fingerprint density at radius 2 is 1.32 bits per heavy atom. The maximum Gasteiger partial charge on any atom is 0.233 e. The van der Waals surface area contributed by atoms with Gasteiger partial charge in [-0.3, -0.25) is 9.59 Å². The van der Waals surface area contributed by atoms with E-state index >= 15 is 0 Å². The summed E-state index contributed by atoms with van der Waals surface area (Å²) in [7, 11) is 1.55. The summed E-state index contributed by atoms with van der Waals surface area (Å²) < 4.78 is 5.05. The second-order valence-corrected chi connectivity index (χ2v) is 4.95. The molecule has 0 unspecified atom stereocenters. The normalized spacial score (nSPS) is 10.4. The third-order valence-electron chi connectivity index (χ3n) is 3.57. The summed E-state index contributed by atoms with van der Waals surface area (Å²) in [4.78, 5) is 24.7. The van der Waals surface area contributed by atoms with Crippen LogP contribution in [0.1, 0.15) is 20.7 Å². The van der Waals surface area contributed by atoms with Gasteiger partial charge in [0.25, 0.3) is 0 Å². The molecule has 3 aromatic carbocycles. The summed E-state index contributed by atoms with van der Waals surface area (Å²) >= 11 is 0. The monoisotopic (exact) mass is 290 g/mol. The first-order valence-electron chi connectivity index (χ1n) is 6.91. The van der Waals surface area contributed by atoms with Crippen molar-refractivity contribution in [2.24, 2.45) is 0 Å². The molecular formula is C19H14O3. The average molecular weight is 290 g/mol. The first-order valence-corrected chi connectivity index (χ1v) is 6.91. The minimum atomic E-state index is -0.516. The van der Waals surface area contributed by atoms with Crippen LogP contribution in [0.4, 0.5) is 0 Å². The number of carbonyl (C=O) groups is 2. The Balaban J connectivity index is 1.92. The summed E-state index contributed by atoms with van der Waals surface area (Å²) in [6.07, 6.45) is 0. The molecule has 0 bridgehead atoms. The number of carbonyl (C=O) groups excluding carboxylic acids is 2. The number of methoxy groups -OCH3 is 1. The van der Waals surface area contributed by atoms with Crippen molar-refractivity contribution in [2.45, 2.75) is 0 Å². The zero-order valence-electron chi connectivity index (χ0n) is 12.1. The number of rotatable bonds is 4. The number of hydrogen-bond acceptors (Lipinski definition) is 3. The summed E-state index contributed by atoms with van der Waals surface area (Å²) in [5, 5.41) is 1.98. The smallest absolute Gasteiger partial charge is 0.233 e. The number of Topliss-reactive ketones (excluding diaryl/α,β-unsaturated/α-hetero) is 2. The first-order chi connectivity index (χ1) is 10.7. The lowest BCUT2D eigenvalue weighted by atomic mass is 9.99. The van der Waals surface area contributed by atoms with Crippen molar-refractivity contribution in [1.29, 1.82) is 0 Å². The fourth-order valence-electron chi connectivity index (χ4n) is 2.34. The van der Waals surface area contributed by atoms with Gasteiger partial charge in [-0.25, -0.2) is 0 Å². The molecule has 0 atom stereocenters. The molecular weight excluding hydrogens is 276 g/mol. The lowest BCUT2D eigenvalue weighted by Gasteiger charge is -2.04. The highest BCUT2D eigenvalue weighted by molar-refractivity contribution is 6.49. The third kappa shape index (κ3) is 2.61. The van der Waals surface area contributed by atoms with Crippen molar-refractivity contribution in [3.05, 3.63) is 77.9 Å². The van der Waals surface area contributed by atoms with E-state index in [1.54, 1.807) is 43.5 Å². The lowest BCUT2D eigenvalue weighted by Crippen LogP contribution is -2.14. The zero-order chi connectivity index (χ0) is 15.5. The van der Waals surface area contributed by atoms with Crippen molar-refractivity contribution < 1.29 is 14.3 Å².